The van der Waals surface area contributed by atoms with Gasteiger partial charge in [-0.3, -0.25) is 4.98 Å². The van der Waals surface area contributed by atoms with Gasteiger partial charge >= 0.3 is 0 Å². The van der Waals surface area contributed by atoms with Gasteiger partial charge in [-0.05, 0) is 42.7 Å². The lowest BCUT2D eigenvalue weighted by Gasteiger charge is -2.25. The molecular weight excluding hydrogens is 402 g/mol. The fourth-order valence-corrected chi connectivity index (χ4v) is 4.23. The standard InChI is InChI=1S/C24H19N7O/c25-13-19-20(15-1-3-17(4-2-15)30-12-11-28-14-30)21-22(16-7-9-27-10-8-16)29-31(18-5-6-18)24(21)32-23(19)26/h1-4,7-12,14,18,20H,5-6,26H2. The molecular formula is C24H19N7O. The average Bonchev–Trinajstić information content (AvgIpc) is 3.39. The van der Waals surface area contributed by atoms with Crippen molar-refractivity contribution in [2.24, 2.45) is 5.73 Å². The van der Waals surface area contributed by atoms with Crippen LogP contribution in [0.5, 0.6) is 5.88 Å². The first-order chi connectivity index (χ1) is 15.7. The summed E-state index contributed by atoms with van der Waals surface area (Å²) in [5.41, 5.74) is 11.1. The van der Waals surface area contributed by atoms with E-state index in [0.29, 0.717) is 17.5 Å². The van der Waals surface area contributed by atoms with Gasteiger partial charge in [-0.1, -0.05) is 12.1 Å². The first-order valence-electron chi connectivity index (χ1n) is 10.4. The summed E-state index contributed by atoms with van der Waals surface area (Å²) < 4.78 is 9.87. The third kappa shape index (κ3) is 2.87. The predicted molar refractivity (Wildman–Crippen MR) is 117 cm³/mol. The fraction of sp³-hybridized carbons (Fsp3) is 0.167. The Kier molecular flexibility index (Phi) is 4.08. The molecule has 1 saturated carbocycles. The number of aromatic nitrogens is 5. The van der Waals surface area contributed by atoms with E-state index in [1.165, 1.54) is 0 Å². The second-order valence-corrected chi connectivity index (χ2v) is 7.97. The first kappa shape index (κ1) is 18.4. The molecule has 8 heteroatoms. The van der Waals surface area contributed by atoms with Crippen LogP contribution in [0.1, 0.15) is 35.9 Å². The maximum absolute atomic E-state index is 10.00. The first-order valence-corrected chi connectivity index (χ1v) is 10.4. The van der Waals surface area contributed by atoms with Gasteiger partial charge < -0.3 is 15.0 Å². The molecule has 0 saturated heterocycles. The van der Waals surface area contributed by atoms with Crippen molar-refractivity contribution in [1.29, 1.82) is 5.26 Å². The topological polar surface area (TPSA) is 108 Å². The van der Waals surface area contributed by atoms with E-state index < -0.39 is 0 Å². The van der Waals surface area contributed by atoms with Crippen LogP contribution in [0, 0.1) is 11.3 Å². The summed E-state index contributed by atoms with van der Waals surface area (Å²) in [5.74, 6) is 0.377. The highest BCUT2D eigenvalue weighted by molar-refractivity contribution is 5.71. The normalized spacial score (nSPS) is 17.5. The second-order valence-electron chi connectivity index (χ2n) is 7.97. The van der Waals surface area contributed by atoms with Crippen LogP contribution in [0.3, 0.4) is 0 Å². The van der Waals surface area contributed by atoms with Gasteiger partial charge in [0.2, 0.25) is 11.8 Å². The van der Waals surface area contributed by atoms with Gasteiger partial charge in [0, 0.05) is 36.0 Å². The molecule has 0 spiro atoms. The monoisotopic (exact) mass is 421 g/mol. The van der Waals surface area contributed by atoms with Crippen molar-refractivity contribution in [3.8, 4) is 28.9 Å². The van der Waals surface area contributed by atoms with Crippen molar-refractivity contribution in [3.63, 3.8) is 0 Å². The summed E-state index contributed by atoms with van der Waals surface area (Å²) in [6.07, 6.45) is 11.0. The highest BCUT2D eigenvalue weighted by atomic mass is 16.5. The van der Waals surface area contributed by atoms with Crippen molar-refractivity contribution in [3.05, 3.63) is 90.1 Å². The molecule has 1 aromatic carbocycles. The van der Waals surface area contributed by atoms with Crippen LogP contribution in [0.4, 0.5) is 0 Å². The lowest BCUT2D eigenvalue weighted by Crippen LogP contribution is -2.22. The number of nitrogens with two attached hydrogens (primary N) is 1. The molecule has 1 unspecified atom stereocenters. The van der Waals surface area contributed by atoms with E-state index in [1.807, 2.05) is 51.8 Å². The Labute approximate surface area is 184 Å². The lowest BCUT2D eigenvalue weighted by molar-refractivity contribution is 0.347. The predicted octanol–water partition coefficient (Wildman–Crippen LogP) is 3.68. The highest BCUT2D eigenvalue weighted by Crippen LogP contribution is 2.50. The zero-order valence-electron chi connectivity index (χ0n) is 17.1. The summed E-state index contributed by atoms with van der Waals surface area (Å²) in [5, 5.41) is 14.9. The number of benzene rings is 1. The largest absolute Gasteiger partial charge is 0.422 e. The molecule has 4 aromatic rings. The summed E-state index contributed by atoms with van der Waals surface area (Å²) in [6, 6.07) is 14.5. The molecule has 0 radical (unpaired) electrons. The molecule has 32 heavy (non-hydrogen) atoms. The Morgan fingerprint density at radius 3 is 2.47 bits per heavy atom. The van der Waals surface area contributed by atoms with Crippen LogP contribution >= 0.6 is 0 Å². The molecule has 3 aromatic heterocycles. The number of nitriles is 1. The van der Waals surface area contributed by atoms with E-state index in [-0.39, 0.29) is 11.8 Å². The number of ether oxygens (including phenoxy) is 1. The smallest absolute Gasteiger partial charge is 0.224 e. The molecule has 1 aliphatic heterocycles. The van der Waals surface area contributed by atoms with Gasteiger partial charge in [0.15, 0.2) is 0 Å². The Morgan fingerprint density at radius 2 is 1.81 bits per heavy atom. The zero-order chi connectivity index (χ0) is 21.7. The van der Waals surface area contributed by atoms with Gasteiger partial charge in [0.05, 0.1) is 23.9 Å². The Hall–Kier alpha value is -4.38. The van der Waals surface area contributed by atoms with Crippen molar-refractivity contribution >= 4 is 0 Å². The minimum Gasteiger partial charge on any atom is -0.422 e. The van der Waals surface area contributed by atoms with E-state index in [4.69, 9.17) is 15.6 Å². The van der Waals surface area contributed by atoms with Crippen LogP contribution in [0.2, 0.25) is 0 Å². The number of rotatable bonds is 4. The molecule has 4 heterocycles. The van der Waals surface area contributed by atoms with E-state index in [9.17, 15) is 5.26 Å². The van der Waals surface area contributed by atoms with Gasteiger partial charge in [0.1, 0.15) is 17.3 Å². The lowest BCUT2D eigenvalue weighted by atomic mass is 9.83. The van der Waals surface area contributed by atoms with Gasteiger partial charge in [-0.25, -0.2) is 9.67 Å². The number of imidazole rings is 1. The minimum atomic E-state index is -0.378. The second kappa shape index (κ2) is 7.10. The average molecular weight is 421 g/mol. The van der Waals surface area contributed by atoms with Crippen LogP contribution in [-0.4, -0.2) is 24.3 Å². The summed E-state index contributed by atoms with van der Waals surface area (Å²) in [6.45, 7) is 0. The Balaban J connectivity index is 1.55. The number of nitrogens with zero attached hydrogens (tertiary/aromatic N) is 6. The molecule has 1 fully saturated rings. The van der Waals surface area contributed by atoms with Crippen LogP contribution in [0.25, 0.3) is 16.9 Å². The van der Waals surface area contributed by atoms with Crippen molar-refractivity contribution in [2.45, 2.75) is 24.8 Å². The van der Waals surface area contributed by atoms with Gasteiger partial charge in [-0.15, -0.1) is 0 Å². The number of hydrogen-bond acceptors (Lipinski definition) is 6. The number of pyridine rings is 1. The van der Waals surface area contributed by atoms with Crippen LogP contribution < -0.4 is 10.5 Å². The Bertz CT molecular complexity index is 1360. The third-order valence-corrected chi connectivity index (χ3v) is 5.95. The molecule has 0 bridgehead atoms. The highest BCUT2D eigenvalue weighted by Gasteiger charge is 2.40. The van der Waals surface area contributed by atoms with E-state index >= 15 is 0 Å². The molecule has 1 aliphatic carbocycles. The van der Waals surface area contributed by atoms with Crippen LogP contribution in [-0.2, 0) is 0 Å². The van der Waals surface area contributed by atoms with Crippen molar-refractivity contribution in [2.75, 3.05) is 0 Å². The van der Waals surface area contributed by atoms with E-state index in [2.05, 4.69) is 16.0 Å². The molecule has 2 N–H and O–H groups in total. The summed E-state index contributed by atoms with van der Waals surface area (Å²) in [4.78, 5) is 8.25. The maximum Gasteiger partial charge on any atom is 0.224 e. The number of hydrogen-bond donors (Lipinski definition) is 1. The fourth-order valence-electron chi connectivity index (χ4n) is 4.23. The molecule has 0 amide bonds. The molecule has 6 rings (SSSR count). The molecule has 156 valence electrons. The zero-order valence-corrected chi connectivity index (χ0v) is 17.1. The van der Waals surface area contributed by atoms with Gasteiger partial charge in [-0.2, -0.15) is 10.4 Å². The summed E-state index contributed by atoms with van der Waals surface area (Å²) >= 11 is 0. The van der Waals surface area contributed by atoms with Crippen molar-refractivity contribution in [1.82, 2.24) is 24.3 Å². The molecule has 1 atom stereocenters. The summed E-state index contributed by atoms with van der Waals surface area (Å²) in [7, 11) is 0. The van der Waals surface area contributed by atoms with E-state index in [0.717, 1.165) is 40.9 Å². The number of allylic oxidation sites excluding steroid dienone is 1. The number of fused-ring (bicyclic) bond motifs is 1. The van der Waals surface area contributed by atoms with Crippen molar-refractivity contribution < 1.29 is 4.74 Å². The Morgan fingerprint density at radius 1 is 1.03 bits per heavy atom. The van der Waals surface area contributed by atoms with E-state index in [1.54, 1.807) is 24.9 Å². The minimum absolute atomic E-state index is 0.131. The van der Waals surface area contributed by atoms with Crippen LogP contribution in [0.15, 0.2) is 79.0 Å². The molecule has 8 nitrogen and oxygen atoms in total. The maximum atomic E-state index is 10.00. The van der Waals surface area contributed by atoms with Gasteiger partial charge in [0.25, 0.3) is 0 Å². The third-order valence-electron chi connectivity index (χ3n) is 5.95. The molecule has 2 aliphatic rings. The quantitative estimate of drug-likeness (QED) is 0.539. The SMILES string of the molecule is N#CC1=C(N)Oc2c(c(-c3ccncc3)nn2C2CC2)C1c1ccc(-n2ccnc2)cc1.